The first-order valence-corrected chi connectivity index (χ1v) is 8.84. The quantitative estimate of drug-likeness (QED) is 0.251. The van der Waals surface area contributed by atoms with Crippen LogP contribution in [0, 0.1) is 17.8 Å². The highest BCUT2D eigenvalue weighted by atomic mass is 35.5. The first-order chi connectivity index (χ1) is 11.2. The summed E-state index contributed by atoms with van der Waals surface area (Å²) in [5.41, 5.74) is 6.51. The van der Waals surface area contributed by atoms with Gasteiger partial charge in [-0.25, -0.2) is 0 Å². The van der Waals surface area contributed by atoms with Gasteiger partial charge in [0.1, 0.15) is 17.1 Å². The van der Waals surface area contributed by atoms with E-state index in [1.165, 1.54) is 4.90 Å². The highest BCUT2D eigenvalue weighted by molar-refractivity contribution is 8.00. The molecule has 0 unspecified atom stereocenters. The molecule has 0 bridgehead atoms. The first-order valence-electron chi connectivity index (χ1n) is 7.38. The number of fused-ring (bicyclic) bond motifs is 1. The summed E-state index contributed by atoms with van der Waals surface area (Å²) in [4.78, 5) is 25.3. The predicted octanol–water partition coefficient (Wildman–Crippen LogP) is 1.82. The van der Waals surface area contributed by atoms with Crippen molar-refractivity contribution >= 4 is 53.3 Å². The molecule has 0 aromatic heterocycles. The van der Waals surface area contributed by atoms with Gasteiger partial charge in [-0.15, -0.1) is 36.5 Å². The zero-order valence-corrected chi connectivity index (χ0v) is 16.7. The lowest BCUT2D eigenvalue weighted by molar-refractivity contribution is -0.160. The number of nitrogens with two attached hydrogens (primary N) is 1. The van der Waals surface area contributed by atoms with Crippen LogP contribution in [0.15, 0.2) is 11.3 Å². The zero-order chi connectivity index (χ0) is 18.1. The largest absolute Gasteiger partial charge is 0.445 e. The van der Waals surface area contributed by atoms with Crippen LogP contribution in [-0.4, -0.2) is 45.8 Å². The van der Waals surface area contributed by atoms with E-state index in [-0.39, 0.29) is 35.5 Å². The van der Waals surface area contributed by atoms with Crippen molar-refractivity contribution in [3.63, 3.8) is 0 Å². The maximum Gasteiger partial charge on any atom is 0.314 e. The molecule has 1 saturated heterocycles. The summed E-state index contributed by atoms with van der Waals surface area (Å²) in [7, 11) is 0. The number of carbonyl (C=O) groups is 2. The van der Waals surface area contributed by atoms with Gasteiger partial charge >= 0.3 is 5.97 Å². The third kappa shape index (κ3) is 4.47. The molecule has 0 spiro atoms. The van der Waals surface area contributed by atoms with Crippen molar-refractivity contribution in [3.8, 4) is 12.3 Å². The molecule has 9 heteroatoms. The lowest BCUT2D eigenvalue weighted by atomic mass is 9.98. The van der Waals surface area contributed by atoms with Crippen LogP contribution in [0.4, 0.5) is 0 Å². The fraction of sp³-hybridized carbons (Fsp3) is 0.562. The van der Waals surface area contributed by atoms with E-state index in [1.807, 2.05) is 0 Å². The van der Waals surface area contributed by atoms with Crippen molar-refractivity contribution in [2.45, 2.75) is 38.6 Å². The molecule has 2 heterocycles. The topological polar surface area (TPSA) is 81.9 Å². The minimum absolute atomic E-state index is 0. The van der Waals surface area contributed by atoms with Gasteiger partial charge in [0.05, 0.1) is 5.41 Å². The van der Waals surface area contributed by atoms with Crippen LogP contribution in [0.1, 0.15) is 27.2 Å². The summed E-state index contributed by atoms with van der Waals surface area (Å²) in [6.45, 7) is 4.91. The molecule has 138 valence electrons. The summed E-state index contributed by atoms with van der Waals surface area (Å²) in [6.07, 6.45) is 5.75. The molecule has 2 rings (SSSR count). The molecule has 0 aliphatic carbocycles. The minimum Gasteiger partial charge on any atom is -0.445 e. The number of hydrogen-bond donors (Lipinski definition) is 1. The van der Waals surface area contributed by atoms with Crippen molar-refractivity contribution in [1.29, 1.82) is 0 Å². The van der Waals surface area contributed by atoms with Gasteiger partial charge in [0.2, 0.25) is 17.8 Å². The molecule has 0 radical (unpaired) electrons. The van der Waals surface area contributed by atoms with Crippen LogP contribution >= 0.6 is 36.4 Å². The normalized spacial score (nSPS) is 22.2. The van der Waals surface area contributed by atoms with Crippen LogP contribution < -0.4 is 5.73 Å². The van der Waals surface area contributed by atoms with Gasteiger partial charge < -0.3 is 15.2 Å². The van der Waals surface area contributed by atoms with E-state index in [0.29, 0.717) is 17.9 Å². The van der Waals surface area contributed by atoms with E-state index in [4.69, 9.17) is 33.8 Å². The number of esters is 1. The second kappa shape index (κ2) is 8.41. The number of thiocarbonyl (C=S) groups is 1. The third-order valence-electron chi connectivity index (χ3n) is 3.59. The Labute approximate surface area is 163 Å². The summed E-state index contributed by atoms with van der Waals surface area (Å²) in [6, 6.07) is -0.543. The second-order valence-electron chi connectivity index (χ2n) is 6.50. The standard InChI is InChI=1S/C16H20N2O4S2.ClH/c1-5-6-9-7-24-13-10(17)12(19)18(13)11(9)14(23)21-8-22-15(20)16(2,3)4;/h1,10,13H,6-8,17H2,2-4H3;1H/t10-,13-;/m1./s1. The van der Waals surface area contributed by atoms with E-state index < -0.39 is 17.4 Å². The molecule has 2 aliphatic rings. The van der Waals surface area contributed by atoms with Gasteiger partial charge in [-0.05, 0) is 38.6 Å². The summed E-state index contributed by atoms with van der Waals surface area (Å²) < 4.78 is 10.4. The number of amides is 1. The minimum atomic E-state index is -0.633. The Hall–Kier alpha value is -1.27. The maximum atomic E-state index is 12.1. The van der Waals surface area contributed by atoms with Crippen LogP contribution in [0.5, 0.6) is 0 Å². The van der Waals surface area contributed by atoms with Gasteiger partial charge in [-0.1, -0.05) is 0 Å². The molecule has 2 aliphatic heterocycles. The highest BCUT2D eigenvalue weighted by Gasteiger charge is 2.51. The molecule has 6 nitrogen and oxygen atoms in total. The average molecular weight is 405 g/mol. The molecular weight excluding hydrogens is 384 g/mol. The Kier molecular flexibility index (Phi) is 7.32. The van der Waals surface area contributed by atoms with Crippen molar-refractivity contribution in [3.05, 3.63) is 11.3 Å². The number of nitrogens with zero attached hydrogens (tertiary/aromatic N) is 1. The molecule has 0 aromatic rings. The molecular formula is C16H21ClN2O4S2. The number of halogens is 1. The van der Waals surface area contributed by atoms with E-state index in [2.05, 4.69) is 5.92 Å². The molecule has 0 aromatic carbocycles. The Balaban J connectivity index is 0.00000312. The number of rotatable bonds is 4. The van der Waals surface area contributed by atoms with Crippen molar-refractivity contribution < 1.29 is 19.1 Å². The fourth-order valence-electron chi connectivity index (χ4n) is 2.25. The van der Waals surface area contributed by atoms with Crippen molar-refractivity contribution in [1.82, 2.24) is 4.90 Å². The summed E-state index contributed by atoms with van der Waals surface area (Å²) in [5, 5.41) is -0.0693. The van der Waals surface area contributed by atoms with E-state index in [0.717, 1.165) is 5.57 Å². The smallest absolute Gasteiger partial charge is 0.314 e. The Bertz CT molecular complexity index is 652. The van der Waals surface area contributed by atoms with Gasteiger partial charge in [0.25, 0.3) is 0 Å². The second-order valence-corrected chi connectivity index (χ2v) is 7.98. The molecule has 25 heavy (non-hydrogen) atoms. The monoisotopic (exact) mass is 404 g/mol. The molecule has 2 N–H and O–H groups in total. The van der Waals surface area contributed by atoms with E-state index >= 15 is 0 Å². The van der Waals surface area contributed by atoms with E-state index in [9.17, 15) is 9.59 Å². The van der Waals surface area contributed by atoms with Crippen LogP contribution in [-0.2, 0) is 19.1 Å². The Morgan fingerprint density at radius 1 is 1.48 bits per heavy atom. The molecule has 1 fully saturated rings. The Morgan fingerprint density at radius 2 is 2.12 bits per heavy atom. The van der Waals surface area contributed by atoms with Crippen LogP contribution in [0.25, 0.3) is 0 Å². The third-order valence-corrected chi connectivity index (χ3v) is 5.26. The summed E-state index contributed by atoms with van der Waals surface area (Å²) in [5.74, 6) is 2.58. The summed E-state index contributed by atoms with van der Waals surface area (Å²) >= 11 is 6.83. The van der Waals surface area contributed by atoms with Gasteiger partial charge in [0.15, 0.2) is 0 Å². The Morgan fingerprint density at radius 3 is 2.68 bits per heavy atom. The van der Waals surface area contributed by atoms with Gasteiger partial charge in [0, 0.05) is 12.2 Å². The van der Waals surface area contributed by atoms with Crippen molar-refractivity contribution in [2.75, 3.05) is 12.5 Å². The molecule has 0 saturated carbocycles. The predicted molar refractivity (Wildman–Crippen MR) is 103 cm³/mol. The van der Waals surface area contributed by atoms with E-state index in [1.54, 1.807) is 32.5 Å². The number of carbonyl (C=O) groups excluding carboxylic acids is 2. The van der Waals surface area contributed by atoms with Crippen LogP contribution in [0.3, 0.4) is 0 Å². The number of terminal acetylenes is 1. The van der Waals surface area contributed by atoms with Gasteiger partial charge in [-0.2, -0.15) is 0 Å². The zero-order valence-electron chi connectivity index (χ0n) is 14.2. The number of ether oxygens (including phenoxy) is 2. The number of β-lactam (4-membered cyclic amide) rings is 1. The number of hydrogen-bond acceptors (Lipinski definition) is 7. The fourth-order valence-corrected chi connectivity index (χ4v) is 3.83. The lowest BCUT2D eigenvalue weighted by Crippen LogP contribution is -2.68. The van der Waals surface area contributed by atoms with Crippen LogP contribution in [0.2, 0.25) is 0 Å². The molecule has 1 amide bonds. The number of thioether (sulfide) groups is 1. The highest BCUT2D eigenvalue weighted by Crippen LogP contribution is 2.40. The van der Waals surface area contributed by atoms with Gasteiger partial charge in [-0.3, -0.25) is 14.5 Å². The maximum absolute atomic E-state index is 12.1. The first kappa shape index (κ1) is 21.8. The SMILES string of the molecule is C#CCC1=C(C(=S)OCOC(=O)C(C)(C)C)N2C(=O)[C@@H](N)[C@H]2SC1.Cl. The lowest BCUT2D eigenvalue weighted by Gasteiger charge is -2.48. The average Bonchev–Trinajstić information content (AvgIpc) is 2.52. The molecule has 2 atom stereocenters. The van der Waals surface area contributed by atoms with Crippen molar-refractivity contribution in [2.24, 2.45) is 11.1 Å².